The maximum Gasteiger partial charge on any atom is 0.0758 e. The van der Waals surface area contributed by atoms with E-state index in [0.717, 1.165) is 6.42 Å². The van der Waals surface area contributed by atoms with Crippen LogP contribution in [0.5, 0.6) is 0 Å². The fraction of sp³-hybridized carbons (Fsp3) is 0.667. The summed E-state index contributed by atoms with van der Waals surface area (Å²) in [4.78, 5) is 1.98. The monoisotopic (exact) mass is 211 g/mol. The van der Waals surface area contributed by atoms with Crippen molar-refractivity contribution in [2.45, 2.75) is 25.5 Å². The van der Waals surface area contributed by atoms with Crippen molar-refractivity contribution in [3.05, 3.63) is 24.3 Å². The van der Waals surface area contributed by atoms with Crippen LogP contribution in [0, 0.1) is 5.92 Å². The molecule has 0 amide bonds. The number of aliphatic hydroxyl groups excluding tert-OH is 2. The summed E-state index contributed by atoms with van der Waals surface area (Å²) in [5.41, 5.74) is 0. The Hall–Kier alpha value is -0.640. The number of likely N-dealkylation sites (N-methyl/N-ethyl adjacent to an activating group) is 1. The number of rotatable bonds is 5. The Kier molecular flexibility index (Phi) is 5.02. The molecule has 1 aliphatic rings. The molecule has 0 saturated heterocycles. The van der Waals surface area contributed by atoms with Gasteiger partial charge >= 0.3 is 0 Å². The van der Waals surface area contributed by atoms with E-state index in [2.05, 4.69) is 6.08 Å². The zero-order valence-electron chi connectivity index (χ0n) is 9.50. The fourth-order valence-electron chi connectivity index (χ4n) is 1.83. The van der Waals surface area contributed by atoms with Gasteiger partial charge in [0.05, 0.1) is 12.7 Å². The summed E-state index contributed by atoms with van der Waals surface area (Å²) in [6.07, 6.45) is 8.64. The van der Waals surface area contributed by atoms with Gasteiger partial charge in [0.15, 0.2) is 0 Å². The highest BCUT2D eigenvalue weighted by Gasteiger charge is 2.25. The minimum atomic E-state index is -0.372. The third-order valence-electron chi connectivity index (χ3n) is 3.09. The molecular formula is C12H21NO2. The summed E-state index contributed by atoms with van der Waals surface area (Å²) in [7, 11) is 1.92. The van der Waals surface area contributed by atoms with E-state index in [1.165, 1.54) is 0 Å². The molecule has 0 aromatic rings. The van der Waals surface area contributed by atoms with Crippen molar-refractivity contribution in [1.29, 1.82) is 0 Å². The lowest BCUT2D eigenvalue weighted by Crippen LogP contribution is -2.43. The van der Waals surface area contributed by atoms with Crippen molar-refractivity contribution in [2.24, 2.45) is 5.92 Å². The molecule has 3 atom stereocenters. The zero-order chi connectivity index (χ0) is 11.3. The Balaban J connectivity index is 2.47. The molecule has 15 heavy (non-hydrogen) atoms. The predicted octanol–water partition coefficient (Wildman–Crippen LogP) is 0.792. The van der Waals surface area contributed by atoms with E-state index >= 15 is 0 Å². The minimum Gasteiger partial charge on any atom is -0.395 e. The third-order valence-corrected chi connectivity index (χ3v) is 3.09. The van der Waals surface area contributed by atoms with Crippen LogP contribution < -0.4 is 0 Å². The van der Waals surface area contributed by atoms with E-state index in [1.54, 1.807) is 0 Å². The molecule has 86 valence electrons. The summed E-state index contributed by atoms with van der Waals surface area (Å²) in [6.45, 7) is 2.73. The van der Waals surface area contributed by atoms with E-state index < -0.39 is 0 Å². The summed E-state index contributed by atoms with van der Waals surface area (Å²) in [5, 5.41) is 19.0. The second kappa shape index (κ2) is 6.05. The second-order valence-electron chi connectivity index (χ2n) is 4.15. The molecule has 1 rings (SSSR count). The second-order valence-corrected chi connectivity index (χ2v) is 4.15. The van der Waals surface area contributed by atoms with Crippen LogP contribution >= 0.6 is 0 Å². The Labute approximate surface area is 91.7 Å². The van der Waals surface area contributed by atoms with E-state index in [4.69, 9.17) is 5.11 Å². The molecule has 2 N–H and O–H groups in total. The highest BCUT2D eigenvalue weighted by Crippen LogP contribution is 2.20. The normalized spacial score (nSPS) is 24.5. The molecular weight excluding hydrogens is 190 g/mol. The zero-order valence-corrected chi connectivity index (χ0v) is 9.50. The topological polar surface area (TPSA) is 43.7 Å². The van der Waals surface area contributed by atoms with Crippen molar-refractivity contribution >= 4 is 0 Å². The van der Waals surface area contributed by atoms with Crippen molar-refractivity contribution in [3.8, 4) is 0 Å². The average Bonchev–Trinajstić information content (AvgIpc) is 2.28. The molecule has 0 aromatic carbocycles. The number of nitrogens with zero attached hydrogens (tertiary/aromatic N) is 1. The molecule has 1 aliphatic carbocycles. The first-order valence-electron chi connectivity index (χ1n) is 5.49. The van der Waals surface area contributed by atoms with Gasteiger partial charge in [-0.15, -0.1) is 0 Å². The van der Waals surface area contributed by atoms with Gasteiger partial charge in [-0.2, -0.15) is 0 Å². The molecule has 3 heteroatoms. The number of aliphatic hydroxyl groups is 2. The Morgan fingerprint density at radius 2 is 2.20 bits per heavy atom. The SMILES string of the molecule is C[C@@H]([C@@H](O)C1C=CC=CC1)N(C)CCO. The molecule has 1 unspecified atom stereocenters. The average molecular weight is 211 g/mol. The van der Waals surface area contributed by atoms with Crippen LogP contribution in [0.15, 0.2) is 24.3 Å². The van der Waals surface area contributed by atoms with Gasteiger partial charge in [0, 0.05) is 18.5 Å². The van der Waals surface area contributed by atoms with E-state index in [-0.39, 0.29) is 24.7 Å². The minimum absolute atomic E-state index is 0.0679. The van der Waals surface area contributed by atoms with Gasteiger partial charge in [0.1, 0.15) is 0 Å². The number of allylic oxidation sites excluding steroid dienone is 3. The molecule has 0 aliphatic heterocycles. The Morgan fingerprint density at radius 3 is 2.73 bits per heavy atom. The van der Waals surface area contributed by atoms with Crippen LogP contribution in [0.1, 0.15) is 13.3 Å². The van der Waals surface area contributed by atoms with Crippen molar-refractivity contribution in [2.75, 3.05) is 20.2 Å². The lowest BCUT2D eigenvalue weighted by Gasteiger charge is -2.32. The van der Waals surface area contributed by atoms with Gasteiger partial charge in [-0.1, -0.05) is 24.3 Å². The maximum absolute atomic E-state index is 10.1. The quantitative estimate of drug-likeness (QED) is 0.706. The van der Waals surface area contributed by atoms with Crippen LogP contribution in [0.3, 0.4) is 0 Å². The van der Waals surface area contributed by atoms with Gasteiger partial charge in [0.2, 0.25) is 0 Å². The van der Waals surface area contributed by atoms with Crippen LogP contribution in [0.2, 0.25) is 0 Å². The third kappa shape index (κ3) is 3.45. The van der Waals surface area contributed by atoms with Crippen molar-refractivity contribution in [3.63, 3.8) is 0 Å². The molecule has 0 radical (unpaired) electrons. The fourth-order valence-corrected chi connectivity index (χ4v) is 1.83. The molecule has 0 heterocycles. The van der Waals surface area contributed by atoms with Crippen molar-refractivity contribution < 1.29 is 10.2 Å². The molecule has 0 fully saturated rings. The van der Waals surface area contributed by atoms with Gasteiger partial charge in [-0.05, 0) is 20.4 Å². The van der Waals surface area contributed by atoms with Crippen LogP contribution in [-0.4, -0.2) is 47.5 Å². The van der Waals surface area contributed by atoms with Crippen LogP contribution in [0.4, 0.5) is 0 Å². The predicted molar refractivity (Wildman–Crippen MR) is 61.6 cm³/mol. The lowest BCUT2D eigenvalue weighted by molar-refractivity contribution is 0.0366. The highest BCUT2D eigenvalue weighted by molar-refractivity contribution is 5.12. The van der Waals surface area contributed by atoms with Crippen LogP contribution in [0.25, 0.3) is 0 Å². The Morgan fingerprint density at radius 1 is 1.47 bits per heavy atom. The first kappa shape index (κ1) is 12.4. The van der Waals surface area contributed by atoms with E-state index in [9.17, 15) is 5.11 Å². The number of hydrogen-bond acceptors (Lipinski definition) is 3. The summed E-state index contributed by atoms with van der Waals surface area (Å²) < 4.78 is 0. The molecule has 3 nitrogen and oxygen atoms in total. The summed E-state index contributed by atoms with van der Waals surface area (Å²) >= 11 is 0. The van der Waals surface area contributed by atoms with E-state index in [1.807, 2.05) is 37.1 Å². The van der Waals surface area contributed by atoms with Gasteiger partial charge in [-0.3, -0.25) is 4.90 Å². The first-order chi connectivity index (χ1) is 7.16. The maximum atomic E-state index is 10.1. The standard InChI is InChI=1S/C12H21NO2/c1-10(13(2)8-9-14)12(15)11-6-4-3-5-7-11/h3-6,10-12,14-15H,7-9H2,1-2H3/t10-,11?,12+/m0/s1. The van der Waals surface area contributed by atoms with Crippen molar-refractivity contribution in [1.82, 2.24) is 4.90 Å². The highest BCUT2D eigenvalue weighted by atomic mass is 16.3. The molecule has 0 bridgehead atoms. The number of hydrogen-bond donors (Lipinski definition) is 2. The van der Waals surface area contributed by atoms with Gasteiger partial charge < -0.3 is 10.2 Å². The lowest BCUT2D eigenvalue weighted by atomic mass is 9.90. The Bertz CT molecular complexity index is 238. The van der Waals surface area contributed by atoms with Crippen LogP contribution in [-0.2, 0) is 0 Å². The first-order valence-corrected chi connectivity index (χ1v) is 5.49. The summed E-state index contributed by atoms with van der Waals surface area (Å²) in [5.74, 6) is 0.200. The molecule has 0 spiro atoms. The van der Waals surface area contributed by atoms with E-state index in [0.29, 0.717) is 6.54 Å². The van der Waals surface area contributed by atoms with Gasteiger partial charge in [0.25, 0.3) is 0 Å². The summed E-state index contributed by atoms with van der Waals surface area (Å²) in [6, 6.07) is 0.0679. The van der Waals surface area contributed by atoms with Gasteiger partial charge in [-0.25, -0.2) is 0 Å². The largest absolute Gasteiger partial charge is 0.395 e. The molecule has 0 aromatic heterocycles. The molecule has 0 saturated carbocycles. The smallest absolute Gasteiger partial charge is 0.0758 e.